The lowest BCUT2D eigenvalue weighted by Gasteiger charge is -2.06. The first-order chi connectivity index (χ1) is 8.81. The predicted octanol–water partition coefficient (Wildman–Crippen LogP) is 2.37. The van der Waals surface area contributed by atoms with Crippen LogP contribution in [-0.2, 0) is 24.2 Å². The molecule has 0 saturated carbocycles. The van der Waals surface area contributed by atoms with Gasteiger partial charge < -0.3 is 10.1 Å². The molecule has 104 valence electrons. The summed E-state index contributed by atoms with van der Waals surface area (Å²) in [6.07, 6.45) is 4.61. The highest BCUT2D eigenvalue weighted by Crippen LogP contribution is 2.05. The Morgan fingerprint density at radius 2 is 2.11 bits per heavy atom. The Bertz CT molecular complexity index is 323. The van der Waals surface area contributed by atoms with Crippen molar-refractivity contribution in [3.05, 3.63) is 17.5 Å². The number of nitrogens with zero attached hydrogens (tertiary/aromatic N) is 2. The monoisotopic (exact) mass is 253 g/mol. The van der Waals surface area contributed by atoms with E-state index in [1.54, 1.807) is 7.11 Å². The van der Waals surface area contributed by atoms with Crippen LogP contribution in [0.5, 0.6) is 0 Å². The molecule has 1 aromatic rings. The van der Waals surface area contributed by atoms with E-state index in [0.717, 1.165) is 39.1 Å². The van der Waals surface area contributed by atoms with Crippen LogP contribution in [0.1, 0.15) is 44.5 Å². The van der Waals surface area contributed by atoms with Gasteiger partial charge in [-0.2, -0.15) is 5.10 Å². The summed E-state index contributed by atoms with van der Waals surface area (Å²) in [7, 11) is 1.76. The maximum atomic E-state index is 5.03. The van der Waals surface area contributed by atoms with Crippen LogP contribution in [0.3, 0.4) is 0 Å². The maximum Gasteiger partial charge on any atom is 0.0625 e. The second-order valence-electron chi connectivity index (χ2n) is 4.53. The van der Waals surface area contributed by atoms with Gasteiger partial charge in [-0.05, 0) is 45.2 Å². The summed E-state index contributed by atoms with van der Waals surface area (Å²) in [5, 5.41) is 8.04. The van der Waals surface area contributed by atoms with E-state index in [0.29, 0.717) is 0 Å². The Morgan fingerprint density at radius 1 is 1.28 bits per heavy atom. The van der Waals surface area contributed by atoms with Crippen LogP contribution in [0.25, 0.3) is 0 Å². The van der Waals surface area contributed by atoms with E-state index in [9.17, 15) is 0 Å². The minimum absolute atomic E-state index is 0.877. The molecule has 0 atom stereocenters. The lowest BCUT2D eigenvalue weighted by Crippen LogP contribution is -2.17. The molecule has 4 nitrogen and oxygen atoms in total. The molecule has 1 heterocycles. The molecular formula is C14H27N3O. The first kappa shape index (κ1) is 15.2. The Hall–Kier alpha value is -0.870. The molecule has 4 heteroatoms. The summed E-state index contributed by atoms with van der Waals surface area (Å²) in [5.41, 5.74) is 2.49. The highest BCUT2D eigenvalue weighted by molar-refractivity contribution is 5.10. The topological polar surface area (TPSA) is 39.1 Å². The molecule has 1 N–H and O–H groups in total. The second kappa shape index (κ2) is 9.11. The third-order valence-corrected chi connectivity index (χ3v) is 3.08. The Kier molecular flexibility index (Phi) is 7.69. The summed E-state index contributed by atoms with van der Waals surface area (Å²) in [6, 6.07) is 2.21. The van der Waals surface area contributed by atoms with E-state index >= 15 is 0 Å². The quantitative estimate of drug-likeness (QED) is 0.651. The highest BCUT2D eigenvalue weighted by atomic mass is 16.5. The molecule has 0 bridgehead atoms. The average Bonchev–Trinajstić information content (AvgIpc) is 2.80. The number of unbranched alkanes of at least 4 members (excludes halogenated alkanes) is 2. The largest absolute Gasteiger partial charge is 0.385 e. The van der Waals surface area contributed by atoms with Crippen LogP contribution < -0.4 is 5.32 Å². The van der Waals surface area contributed by atoms with Gasteiger partial charge in [0.1, 0.15) is 0 Å². The molecule has 0 radical (unpaired) electrons. The number of hydrogen-bond acceptors (Lipinski definition) is 3. The van der Waals surface area contributed by atoms with E-state index in [-0.39, 0.29) is 0 Å². The molecular weight excluding hydrogens is 226 g/mol. The summed E-state index contributed by atoms with van der Waals surface area (Å²) < 4.78 is 7.13. The van der Waals surface area contributed by atoms with E-state index in [2.05, 4.69) is 35.0 Å². The number of nitrogens with one attached hydrogen (secondary N) is 1. The molecule has 0 aliphatic heterocycles. The minimum Gasteiger partial charge on any atom is -0.385 e. The van der Waals surface area contributed by atoms with Crippen molar-refractivity contribution in [2.24, 2.45) is 0 Å². The standard InChI is InChI=1S/C14H27N3O/c1-4-13-11-14(17(5-2)16-13)12-15-9-7-6-8-10-18-3/h11,15H,4-10,12H2,1-3H3. The van der Waals surface area contributed by atoms with Crippen molar-refractivity contribution in [3.8, 4) is 0 Å². The molecule has 0 fully saturated rings. The molecule has 0 saturated heterocycles. The van der Waals surface area contributed by atoms with Gasteiger partial charge in [-0.25, -0.2) is 0 Å². The molecule has 0 amide bonds. The molecule has 1 aromatic heterocycles. The predicted molar refractivity (Wildman–Crippen MR) is 74.7 cm³/mol. The third-order valence-electron chi connectivity index (χ3n) is 3.08. The number of methoxy groups -OCH3 is 1. The zero-order chi connectivity index (χ0) is 13.2. The molecule has 0 unspecified atom stereocenters. The lowest BCUT2D eigenvalue weighted by atomic mass is 10.2. The Labute approximate surface area is 111 Å². The fourth-order valence-electron chi connectivity index (χ4n) is 1.99. The molecule has 18 heavy (non-hydrogen) atoms. The first-order valence-corrected chi connectivity index (χ1v) is 7.07. The van der Waals surface area contributed by atoms with E-state index < -0.39 is 0 Å². The van der Waals surface area contributed by atoms with Gasteiger partial charge in [0.25, 0.3) is 0 Å². The van der Waals surface area contributed by atoms with E-state index in [1.807, 2.05) is 0 Å². The van der Waals surface area contributed by atoms with Crippen molar-refractivity contribution in [2.45, 2.75) is 52.6 Å². The minimum atomic E-state index is 0.877. The summed E-state index contributed by atoms with van der Waals surface area (Å²) in [6.45, 7) is 8.11. The van der Waals surface area contributed by atoms with Gasteiger partial charge in [0.15, 0.2) is 0 Å². The van der Waals surface area contributed by atoms with Gasteiger partial charge in [0, 0.05) is 26.8 Å². The van der Waals surface area contributed by atoms with Crippen LogP contribution in [0.4, 0.5) is 0 Å². The van der Waals surface area contributed by atoms with Crippen molar-refractivity contribution in [1.82, 2.24) is 15.1 Å². The van der Waals surface area contributed by atoms with Crippen LogP contribution in [-0.4, -0.2) is 30.0 Å². The molecule has 1 rings (SSSR count). The van der Waals surface area contributed by atoms with Crippen LogP contribution in [0, 0.1) is 0 Å². The number of aryl methyl sites for hydroxylation is 2. The van der Waals surface area contributed by atoms with E-state index in [1.165, 1.54) is 24.2 Å². The molecule has 0 aliphatic rings. The zero-order valence-electron chi connectivity index (χ0n) is 12.0. The van der Waals surface area contributed by atoms with E-state index in [4.69, 9.17) is 4.74 Å². The smallest absolute Gasteiger partial charge is 0.0625 e. The SMILES string of the molecule is CCc1cc(CNCCCCCOC)n(CC)n1. The Morgan fingerprint density at radius 3 is 2.78 bits per heavy atom. The lowest BCUT2D eigenvalue weighted by molar-refractivity contribution is 0.192. The van der Waals surface area contributed by atoms with Crippen molar-refractivity contribution < 1.29 is 4.74 Å². The zero-order valence-corrected chi connectivity index (χ0v) is 12.0. The number of hydrogen-bond donors (Lipinski definition) is 1. The third kappa shape index (κ3) is 5.19. The number of rotatable bonds is 10. The van der Waals surface area contributed by atoms with Crippen molar-refractivity contribution in [1.29, 1.82) is 0 Å². The summed E-state index contributed by atoms with van der Waals surface area (Å²) in [4.78, 5) is 0. The van der Waals surface area contributed by atoms with Gasteiger partial charge >= 0.3 is 0 Å². The summed E-state index contributed by atoms with van der Waals surface area (Å²) >= 11 is 0. The Balaban J connectivity index is 2.20. The highest BCUT2D eigenvalue weighted by Gasteiger charge is 2.04. The molecule has 0 spiro atoms. The van der Waals surface area contributed by atoms with Gasteiger partial charge in [-0.1, -0.05) is 6.92 Å². The van der Waals surface area contributed by atoms with Gasteiger partial charge in [0.2, 0.25) is 0 Å². The van der Waals surface area contributed by atoms with Gasteiger partial charge in [-0.3, -0.25) is 4.68 Å². The van der Waals surface area contributed by atoms with Crippen LogP contribution in [0.15, 0.2) is 6.07 Å². The van der Waals surface area contributed by atoms with Gasteiger partial charge in [-0.15, -0.1) is 0 Å². The molecule has 0 aliphatic carbocycles. The fraction of sp³-hybridized carbons (Fsp3) is 0.786. The van der Waals surface area contributed by atoms with Crippen molar-refractivity contribution >= 4 is 0 Å². The first-order valence-electron chi connectivity index (χ1n) is 7.07. The number of aromatic nitrogens is 2. The average molecular weight is 253 g/mol. The maximum absolute atomic E-state index is 5.03. The summed E-state index contributed by atoms with van der Waals surface area (Å²) in [5.74, 6) is 0. The van der Waals surface area contributed by atoms with Crippen molar-refractivity contribution in [2.75, 3.05) is 20.3 Å². The fourth-order valence-corrected chi connectivity index (χ4v) is 1.99. The van der Waals surface area contributed by atoms with Crippen LogP contribution in [0.2, 0.25) is 0 Å². The van der Waals surface area contributed by atoms with Crippen molar-refractivity contribution in [3.63, 3.8) is 0 Å². The van der Waals surface area contributed by atoms with Crippen LogP contribution >= 0.6 is 0 Å². The second-order valence-corrected chi connectivity index (χ2v) is 4.53. The normalized spacial score (nSPS) is 11.1. The molecule has 0 aromatic carbocycles. The number of ether oxygens (including phenoxy) is 1. The van der Waals surface area contributed by atoms with Gasteiger partial charge in [0.05, 0.1) is 11.4 Å².